The Morgan fingerprint density at radius 3 is 2.86 bits per heavy atom. The Labute approximate surface area is 142 Å². The first-order chi connectivity index (χ1) is 9.76. The molecule has 0 radical (unpaired) electrons. The van der Waals surface area contributed by atoms with Crippen LogP contribution in [0.3, 0.4) is 0 Å². The summed E-state index contributed by atoms with van der Waals surface area (Å²) in [4.78, 5) is 15.4. The van der Waals surface area contributed by atoms with Gasteiger partial charge in [-0.05, 0) is 19.4 Å². The number of esters is 1. The number of halogens is 1. The van der Waals surface area contributed by atoms with Gasteiger partial charge in [0.25, 0.3) is 0 Å². The van der Waals surface area contributed by atoms with Crippen LogP contribution in [-0.2, 0) is 16.1 Å². The van der Waals surface area contributed by atoms with Gasteiger partial charge in [-0.1, -0.05) is 0 Å². The number of aliphatic imine (C=N–C) groups is 1. The first-order valence-corrected chi connectivity index (χ1v) is 6.82. The van der Waals surface area contributed by atoms with Gasteiger partial charge in [-0.15, -0.1) is 24.0 Å². The van der Waals surface area contributed by atoms with E-state index in [1.165, 1.54) is 7.11 Å². The summed E-state index contributed by atoms with van der Waals surface area (Å²) in [6, 6.07) is 1.90. The number of aromatic nitrogens is 2. The van der Waals surface area contributed by atoms with Crippen LogP contribution in [0.4, 0.5) is 0 Å². The number of hydrogen-bond donors (Lipinski definition) is 2. The van der Waals surface area contributed by atoms with Gasteiger partial charge in [-0.3, -0.25) is 14.5 Å². The van der Waals surface area contributed by atoms with Gasteiger partial charge in [0.15, 0.2) is 5.96 Å². The fourth-order valence-electron chi connectivity index (χ4n) is 1.58. The highest BCUT2D eigenvalue weighted by atomic mass is 127. The lowest BCUT2D eigenvalue weighted by Gasteiger charge is -2.10. The number of guanidine groups is 1. The molecule has 0 aromatic carbocycles. The van der Waals surface area contributed by atoms with E-state index < -0.39 is 0 Å². The molecule has 0 spiro atoms. The number of nitrogens with zero attached hydrogens (tertiary/aromatic N) is 3. The number of nitrogens with one attached hydrogen (secondary N) is 2. The molecule has 0 atom stereocenters. The normalized spacial score (nSPS) is 10.7. The molecule has 2 N–H and O–H groups in total. The van der Waals surface area contributed by atoms with Crippen molar-refractivity contribution in [3.8, 4) is 0 Å². The Morgan fingerprint density at radius 1 is 1.43 bits per heavy atom. The number of rotatable bonds is 8. The van der Waals surface area contributed by atoms with Crippen molar-refractivity contribution in [2.75, 3.05) is 26.7 Å². The fraction of sp³-hybridized carbons (Fsp3) is 0.615. The zero-order chi connectivity index (χ0) is 14.6. The topological polar surface area (TPSA) is 80.5 Å². The molecule has 0 saturated carbocycles. The van der Waals surface area contributed by atoms with E-state index in [1.54, 1.807) is 6.20 Å². The molecule has 1 heterocycles. The summed E-state index contributed by atoms with van der Waals surface area (Å²) < 4.78 is 6.47. The second kappa shape index (κ2) is 12.4. The van der Waals surface area contributed by atoms with Gasteiger partial charge in [-0.25, -0.2) is 0 Å². The van der Waals surface area contributed by atoms with Crippen molar-refractivity contribution in [1.82, 2.24) is 20.4 Å². The third-order valence-corrected chi connectivity index (χ3v) is 2.57. The SMILES string of the molecule is CCNC(=NCCCn1cccn1)NCCC(=O)OC.I. The summed E-state index contributed by atoms with van der Waals surface area (Å²) in [6.45, 7) is 4.84. The highest BCUT2D eigenvalue weighted by Gasteiger charge is 2.01. The molecule has 21 heavy (non-hydrogen) atoms. The van der Waals surface area contributed by atoms with Crippen LogP contribution in [0.2, 0.25) is 0 Å². The monoisotopic (exact) mass is 409 g/mol. The van der Waals surface area contributed by atoms with Gasteiger partial charge >= 0.3 is 5.97 Å². The number of aryl methyl sites for hydroxylation is 1. The van der Waals surface area contributed by atoms with Gasteiger partial charge in [0.2, 0.25) is 0 Å². The molecule has 0 aliphatic rings. The average Bonchev–Trinajstić information content (AvgIpc) is 2.96. The van der Waals surface area contributed by atoms with Gasteiger partial charge < -0.3 is 15.4 Å². The lowest BCUT2D eigenvalue weighted by Crippen LogP contribution is -2.38. The third kappa shape index (κ3) is 9.27. The van der Waals surface area contributed by atoms with Crippen LogP contribution in [0.15, 0.2) is 23.5 Å². The smallest absolute Gasteiger partial charge is 0.307 e. The van der Waals surface area contributed by atoms with E-state index in [1.807, 2.05) is 23.9 Å². The third-order valence-electron chi connectivity index (χ3n) is 2.57. The van der Waals surface area contributed by atoms with Crippen molar-refractivity contribution >= 4 is 35.9 Å². The first kappa shape index (κ1) is 19.7. The average molecular weight is 409 g/mol. The number of carbonyl (C=O) groups is 1. The van der Waals surface area contributed by atoms with Crippen LogP contribution in [0.1, 0.15) is 19.8 Å². The molecule has 0 unspecified atom stereocenters. The van der Waals surface area contributed by atoms with E-state index >= 15 is 0 Å². The van der Waals surface area contributed by atoms with Gasteiger partial charge in [-0.2, -0.15) is 5.10 Å². The van der Waals surface area contributed by atoms with E-state index in [0.29, 0.717) is 19.5 Å². The molecule has 1 rings (SSSR count). The summed E-state index contributed by atoms with van der Waals surface area (Å²) in [5, 5.41) is 10.4. The number of ether oxygens (including phenoxy) is 1. The van der Waals surface area contributed by atoms with Crippen molar-refractivity contribution in [2.24, 2.45) is 4.99 Å². The molecule has 0 amide bonds. The van der Waals surface area contributed by atoms with Gasteiger partial charge in [0.1, 0.15) is 0 Å². The van der Waals surface area contributed by atoms with Crippen molar-refractivity contribution in [2.45, 2.75) is 26.3 Å². The molecule has 0 saturated heterocycles. The van der Waals surface area contributed by atoms with Crippen molar-refractivity contribution in [3.63, 3.8) is 0 Å². The predicted octanol–water partition coefficient (Wildman–Crippen LogP) is 1.01. The molecule has 0 bridgehead atoms. The molecular formula is C13H24IN5O2. The zero-order valence-corrected chi connectivity index (χ0v) is 14.9. The fourth-order valence-corrected chi connectivity index (χ4v) is 1.58. The summed E-state index contributed by atoms with van der Waals surface area (Å²) in [5.74, 6) is 0.490. The molecule has 0 aliphatic carbocycles. The Hall–Kier alpha value is -1.32. The maximum atomic E-state index is 11.0. The Balaban J connectivity index is 0.00000400. The highest BCUT2D eigenvalue weighted by molar-refractivity contribution is 14.0. The quantitative estimate of drug-likeness (QED) is 0.220. The lowest BCUT2D eigenvalue weighted by molar-refractivity contribution is -0.140. The van der Waals surface area contributed by atoms with E-state index in [0.717, 1.165) is 25.5 Å². The summed E-state index contributed by atoms with van der Waals surface area (Å²) in [7, 11) is 1.39. The van der Waals surface area contributed by atoms with Crippen LogP contribution in [-0.4, -0.2) is 48.5 Å². The first-order valence-electron chi connectivity index (χ1n) is 6.82. The van der Waals surface area contributed by atoms with E-state index in [4.69, 9.17) is 0 Å². The number of carbonyl (C=O) groups excluding carboxylic acids is 1. The molecule has 0 aliphatic heterocycles. The van der Waals surface area contributed by atoms with E-state index in [9.17, 15) is 4.79 Å². The van der Waals surface area contributed by atoms with Gasteiger partial charge in [0.05, 0.1) is 13.5 Å². The van der Waals surface area contributed by atoms with Crippen LogP contribution in [0.5, 0.6) is 0 Å². The summed E-state index contributed by atoms with van der Waals surface area (Å²) in [6.07, 6.45) is 4.94. The molecule has 7 nitrogen and oxygen atoms in total. The summed E-state index contributed by atoms with van der Waals surface area (Å²) in [5.41, 5.74) is 0. The number of hydrogen-bond acceptors (Lipinski definition) is 4. The van der Waals surface area contributed by atoms with Gasteiger partial charge in [0, 0.05) is 38.6 Å². The standard InChI is InChI=1S/C13H23N5O2.HI/c1-3-14-13(16-9-6-12(19)20-2)15-7-4-10-18-11-5-8-17-18;/h5,8,11H,3-4,6-7,9-10H2,1-2H3,(H2,14,15,16);1H. The van der Waals surface area contributed by atoms with Crippen LogP contribution in [0, 0.1) is 0 Å². The second-order valence-electron chi connectivity index (χ2n) is 4.14. The Kier molecular flexibility index (Phi) is 11.6. The van der Waals surface area contributed by atoms with Crippen LogP contribution >= 0.6 is 24.0 Å². The number of methoxy groups -OCH3 is 1. The highest BCUT2D eigenvalue weighted by Crippen LogP contribution is 1.90. The predicted molar refractivity (Wildman–Crippen MR) is 92.9 cm³/mol. The largest absolute Gasteiger partial charge is 0.469 e. The Bertz CT molecular complexity index is 409. The minimum Gasteiger partial charge on any atom is -0.469 e. The van der Waals surface area contributed by atoms with Crippen LogP contribution < -0.4 is 10.6 Å². The lowest BCUT2D eigenvalue weighted by atomic mass is 10.4. The van der Waals surface area contributed by atoms with Crippen LogP contribution in [0.25, 0.3) is 0 Å². The molecule has 8 heteroatoms. The van der Waals surface area contributed by atoms with Crippen molar-refractivity contribution in [3.05, 3.63) is 18.5 Å². The molecule has 120 valence electrons. The molecular weight excluding hydrogens is 385 g/mol. The summed E-state index contributed by atoms with van der Waals surface area (Å²) >= 11 is 0. The molecule has 0 fully saturated rings. The zero-order valence-electron chi connectivity index (χ0n) is 12.5. The second-order valence-corrected chi connectivity index (χ2v) is 4.14. The Morgan fingerprint density at radius 2 is 2.24 bits per heavy atom. The maximum absolute atomic E-state index is 11.0. The van der Waals surface area contributed by atoms with E-state index in [2.05, 4.69) is 25.5 Å². The van der Waals surface area contributed by atoms with Crippen molar-refractivity contribution < 1.29 is 9.53 Å². The molecule has 1 aromatic rings. The minimum atomic E-state index is -0.230. The molecule has 1 aromatic heterocycles. The maximum Gasteiger partial charge on any atom is 0.307 e. The van der Waals surface area contributed by atoms with Crippen molar-refractivity contribution in [1.29, 1.82) is 0 Å². The van der Waals surface area contributed by atoms with E-state index in [-0.39, 0.29) is 29.9 Å². The minimum absolute atomic E-state index is 0.